The van der Waals surface area contributed by atoms with Crippen molar-refractivity contribution in [2.24, 2.45) is 4.99 Å². The first-order valence-corrected chi connectivity index (χ1v) is 9.15. The van der Waals surface area contributed by atoms with Gasteiger partial charge in [0, 0.05) is 50.3 Å². The molecule has 5 nitrogen and oxygen atoms in total. The molecule has 0 aromatic carbocycles. The van der Waals surface area contributed by atoms with Gasteiger partial charge in [-0.25, -0.2) is 4.98 Å². The zero-order chi connectivity index (χ0) is 16.0. The number of aromatic nitrogens is 1. The van der Waals surface area contributed by atoms with Crippen LogP contribution in [0.1, 0.15) is 43.8 Å². The van der Waals surface area contributed by atoms with Crippen molar-refractivity contribution in [3.63, 3.8) is 0 Å². The van der Waals surface area contributed by atoms with E-state index in [0.29, 0.717) is 0 Å². The number of hydrogen-bond donors (Lipinski definition) is 2. The van der Waals surface area contributed by atoms with E-state index in [-0.39, 0.29) is 24.0 Å². The summed E-state index contributed by atoms with van der Waals surface area (Å²) >= 11 is 1.74. The fourth-order valence-electron chi connectivity index (χ4n) is 1.96. The van der Waals surface area contributed by atoms with Gasteiger partial charge in [-0.15, -0.1) is 35.3 Å². The van der Waals surface area contributed by atoms with E-state index < -0.39 is 0 Å². The monoisotopic (exact) mass is 454 g/mol. The van der Waals surface area contributed by atoms with Gasteiger partial charge >= 0.3 is 0 Å². The third-order valence-electron chi connectivity index (χ3n) is 3.04. The lowest BCUT2D eigenvalue weighted by molar-refractivity contribution is 0.143. The summed E-state index contributed by atoms with van der Waals surface area (Å²) in [5.74, 6) is 0.911. The molecule has 23 heavy (non-hydrogen) atoms. The van der Waals surface area contributed by atoms with E-state index in [1.165, 1.54) is 5.01 Å². The average molecular weight is 454 g/mol. The molecule has 0 atom stereocenters. The van der Waals surface area contributed by atoms with Crippen molar-refractivity contribution in [2.45, 2.75) is 46.5 Å². The van der Waals surface area contributed by atoms with E-state index >= 15 is 0 Å². The quantitative estimate of drug-likeness (QED) is 0.233. The second kappa shape index (κ2) is 15.1. The Morgan fingerprint density at radius 2 is 2.09 bits per heavy atom. The lowest BCUT2D eigenvalue weighted by Crippen LogP contribution is -2.38. The van der Waals surface area contributed by atoms with Crippen molar-refractivity contribution >= 4 is 41.3 Å². The van der Waals surface area contributed by atoms with Crippen LogP contribution in [0.2, 0.25) is 0 Å². The Hall–Kier alpha value is -0.410. The van der Waals surface area contributed by atoms with E-state index in [4.69, 9.17) is 4.74 Å². The van der Waals surface area contributed by atoms with Crippen molar-refractivity contribution in [3.05, 3.63) is 16.1 Å². The van der Waals surface area contributed by atoms with E-state index in [2.05, 4.69) is 32.9 Å². The van der Waals surface area contributed by atoms with Gasteiger partial charge < -0.3 is 15.4 Å². The minimum atomic E-state index is 0. The van der Waals surface area contributed by atoms with Gasteiger partial charge in [0.1, 0.15) is 0 Å². The Kier molecular flexibility index (Phi) is 14.9. The lowest BCUT2D eigenvalue weighted by atomic mass is 10.3. The van der Waals surface area contributed by atoms with Crippen LogP contribution >= 0.6 is 35.3 Å². The number of guanidine groups is 1. The first-order valence-electron chi connectivity index (χ1n) is 8.27. The van der Waals surface area contributed by atoms with Crippen molar-refractivity contribution in [1.82, 2.24) is 15.6 Å². The standard InChI is InChI=1S/C16H30N4OS.HI/c1-4-17-16(18-10-6-7-12-21-5-2)19-11-8-9-15-20-14(3)13-22-15;/h13H,4-12H2,1-3H3,(H2,17,18,19);1H. The van der Waals surface area contributed by atoms with Gasteiger partial charge in [-0.2, -0.15) is 0 Å². The highest BCUT2D eigenvalue weighted by atomic mass is 127. The van der Waals surface area contributed by atoms with Gasteiger partial charge in [-0.1, -0.05) is 0 Å². The number of thiazole rings is 1. The third kappa shape index (κ3) is 11.7. The molecule has 7 heteroatoms. The number of unbranched alkanes of at least 4 members (excludes halogenated alkanes) is 1. The van der Waals surface area contributed by atoms with E-state index in [1.807, 2.05) is 13.8 Å². The molecule has 1 aromatic heterocycles. The fourth-order valence-corrected chi connectivity index (χ4v) is 2.78. The summed E-state index contributed by atoms with van der Waals surface area (Å²) in [6.45, 7) is 10.5. The van der Waals surface area contributed by atoms with Crippen LogP contribution in [0.25, 0.3) is 0 Å². The van der Waals surface area contributed by atoms with E-state index in [9.17, 15) is 0 Å². The molecule has 2 N–H and O–H groups in total. The van der Waals surface area contributed by atoms with Gasteiger partial charge in [-0.3, -0.25) is 4.99 Å². The molecule has 0 aliphatic rings. The molecule has 1 heterocycles. The summed E-state index contributed by atoms with van der Waals surface area (Å²) in [6, 6.07) is 0. The van der Waals surface area contributed by atoms with Gasteiger partial charge in [0.05, 0.1) is 5.01 Å². The van der Waals surface area contributed by atoms with Crippen LogP contribution in [0.5, 0.6) is 0 Å². The SMILES string of the molecule is CCNC(=NCCCc1nc(C)cs1)NCCCCOCC.I. The van der Waals surface area contributed by atoms with Gasteiger partial charge in [0.2, 0.25) is 0 Å². The second-order valence-electron chi connectivity index (χ2n) is 5.08. The molecule has 0 bridgehead atoms. The molecule has 0 fully saturated rings. The second-order valence-corrected chi connectivity index (χ2v) is 6.02. The smallest absolute Gasteiger partial charge is 0.191 e. The van der Waals surface area contributed by atoms with Crippen LogP contribution in [-0.2, 0) is 11.2 Å². The number of hydrogen-bond acceptors (Lipinski definition) is 4. The Labute approximate surface area is 161 Å². The predicted molar refractivity (Wildman–Crippen MR) is 110 cm³/mol. The molecule has 1 aromatic rings. The average Bonchev–Trinajstić information content (AvgIpc) is 2.92. The predicted octanol–water partition coefficient (Wildman–Crippen LogP) is 3.37. The summed E-state index contributed by atoms with van der Waals surface area (Å²) in [4.78, 5) is 9.09. The Morgan fingerprint density at radius 3 is 2.74 bits per heavy atom. The Bertz CT molecular complexity index is 426. The lowest BCUT2D eigenvalue weighted by Gasteiger charge is -2.11. The largest absolute Gasteiger partial charge is 0.382 e. The molecule has 0 aliphatic heterocycles. The zero-order valence-corrected chi connectivity index (χ0v) is 17.7. The highest BCUT2D eigenvalue weighted by Gasteiger charge is 1.99. The van der Waals surface area contributed by atoms with Crippen LogP contribution in [0, 0.1) is 6.92 Å². The summed E-state index contributed by atoms with van der Waals surface area (Å²) in [5.41, 5.74) is 1.12. The maximum absolute atomic E-state index is 5.33. The molecular weight excluding hydrogens is 423 g/mol. The number of rotatable bonds is 11. The molecule has 0 saturated carbocycles. The van der Waals surface area contributed by atoms with E-state index in [0.717, 1.165) is 70.2 Å². The molecule has 0 aliphatic carbocycles. The molecule has 0 saturated heterocycles. The molecule has 1 rings (SSSR count). The third-order valence-corrected chi connectivity index (χ3v) is 4.07. The first kappa shape index (κ1) is 22.6. The van der Waals surface area contributed by atoms with E-state index in [1.54, 1.807) is 11.3 Å². The summed E-state index contributed by atoms with van der Waals surface area (Å²) < 4.78 is 5.33. The maximum Gasteiger partial charge on any atom is 0.191 e. The molecule has 0 spiro atoms. The van der Waals surface area contributed by atoms with Gasteiger partial charge in [-0.05, 0) is 40.0 Å². The van der Waals surface area contributed by atoms with Gasteiger partial charge in [0.15, 0.2) is 5.96 Å². The van der Waals surface area contributed by atoms with Crippen molar-refractivity contribution < 1.29 is 4.74 Å². The fraction of sp³-hybridized carbons (Fsp3) is 0.750. The van der Waals surface area contributed by atoms with Crippen molar-refractivity contribution in [1.29, 1.82) is 0 Å². The summed E-state index contributed by atoms with van der Waals surface area (Å²) in [7, 11) is 0. The summed E-state index contributed by atoms with van der Waals surface area (Å²) in [5, 5.41) is 9.97. The molecule has 134 valence electrons. The number of halogens is 1. The van der Waals surface area contributed by atoms with Crippen molar-refractivity contribution in [2.75, 3.05) is 32.8 Å². The number of ether oxygens (including phenoxy) is 1. The van der Waals surface area contributed by atoms with Crippen molar-refractivity contribution in [3.8, 4) is 0 Å². The highest BCUT2D eigenvalue weighted by Crippen LogP contribution is 2.10. The molecule has 0 radical (unpaired) electrons. The molecule has 0 amide bonds. The van der Waals surface area contributed by atoms with Gasteiger partial charge in [0.25, 0.3) is 0 Å². The minimum absolute atomic E-state index is 0. The highest BCUT2D eigenvalue weighted by molar-refractivity contribution is 14.0. The van der Waals surface area contributed by atoms with Crippen LogP contribution in [0.4, 0.5) is 0 Å². The van der Waals surface area contributed by atoms with Crippen LogP contribution in [0.3, 0.4) is 0 Å². The van der Waals surface area contributed by atoms with Crippen LogP contribution in [0.15, 0.2) is 10.4 Å². The minimum Gasteiger partial charge on any atom is -0.382 e. The maximum atomic E-state index is 5.33. The topological polar surface area (TPSA) is 58.5 Å². The van der Waals surface area contributed by atoms with Crippen LogP contribution in [-0.4, -0.2) is 43.8 Å². The zero-order valence-electron chi connectivity index (χ0n) is 14.6. The Balaban J connectivity index is 0.00000484. The first-order chi connectivity index (χ1) is 10.8. The number of nitrogens with zero attached hydrogens (tertiary/aromatic N) is 2. The van der Waals surface area contributed by atoms with Crippen LogP contribution < -0.4 is 10.6 Å². The number of aryl methyl sites for hydroxylation is 2. The number of aliphatic imine (C=N–C) groups is 1. The molecule has 0 unspecified atom stereocenters. The normalized spacial score (nSPS) is 11.2. The number of nitrogens with one attached hydrogen (secondary N) is 2. The molecular formula is C16H31IN4OS. The Morgan fingerprint density at radius 1 is 1.26 bits per heavy atom. The summed E-state index contributed by atoms with van der Waals surface area (Å²) in [6.07, 6.45) is 4.23.